The van der Waals surface area contributed by atoms with Crippen LogP contribution in [0.1, 0.15) is 47.0 Å². The highest BCUT2D eigenvalue weighted by molar-refractivity contribution is 6.35. The third-order valence-electron chi connectivity index (χ3n) is 2.93. The topological polar surface area (TPSA) is 49.4 Å². The Bertz CT molecular complexity index is 294. The van der Waals surface area contributed by atoms with Crippen LogP contribution in [0.15, 0.2) is 0 Å². The summed E-state index contributed by atoms with van der Waals surface area (Å²) in [5.74, 6) is -0.825. The minimum Gasteiger partial charge on any atom is -0.346 e. The van der Waals surface area contributed by atoms with Gasteiger partial charge in [0.2, 0.25) is 0 Å². The minimum absolute atomic E-state index is 0.0255. The third kappa shape index (κ3) is 4.02. The fraction of sp³-hybridized carbons (Fsp3) is 0.846. The van der Waals surface area contributed by atoms with Crippen LogP contribution in [0.3, 0.4) is 0 Å². The maximum absolute atomic E-state index is 11.9. The summed E-state index contributed by atoms with van der Waals surface area (Å²) < 4.78 is 0. The first-order chi connectivity index (χ1) is 7.85. The number of hydrogen-bond acceptors (Lipinski definition) is 2. The summed E-state index contributed by atoms with van der Waals surface area (Å²) in [4.78, 5) is 25.1. The molecule has 1 heterocycles. The zero-order chi connectivity index (χ0) is 13.1. The quantitative estimate of drug-likeness (QED) is 0.758. The summed E-state index contributed by atoms with van der Waals surface area (Å²) in [7, 11) is 0. The van der Waals surface area contributed by atoms with Gasteiger partial charge in [-0.1, -0.05) is 40.5 Å². The molecule has 0 spiro atoms. The van der Waals surface area contributed by atoms with E-state index in [0.717, 1.165) is 19.3 Å². The summed E-state index contributed by atoms with van der Waals surface area (Å²) in [6, 6.07) is 0.166. The van der Waals surface area contributed by atoms with E-state index in [4.69, 9.17) is 0 Å². The highest BCUT2D eigenvalue weighted by Gasteiger charge is 2.35. The molecule has 0 saturated carbocycles. The standard InChI is InChI=1S/C13H24N2O2/c1-5-6-7-10-8-14-11(16)12(17)15(10)9-13(2,3)4/h10H,5-9H2,1-4H3,(H,14,16)/t10-/m1/s1. The first kappa shape index (κ1) is 14.0. The van der Waals surface area contributed by atoms with Crippen molar-refractivity contribution in [1.29, 1.82) is 0 Å². The van der Waals surface area contributed by atoms with Crippen LogP contribution in [-0.2, 0) is 9.59 Å². The van der Waals surface area contributed by atoms with E-state index in [-0.39, 0.29) is 17.4 Å². The van der Waals surface area contributed by atoms with Crippen molar-refractivity contribution in [3.05, 3.63) is 0 Å². The molecule has 4 nitrogen and oxygen atoms in total. The number of carbonyl (C=O) groups excluding carboxylic acids is 2. The molecule has 98 valence electrons. The lowest BCUT2D eigenvalue weighted by atomic mass is 9.93. The number of nitrogens with zero attached hydrogens (tertiary/aromatic N) is 1. The van der Waals surface area contributed by atoms with Crippen LogP contribution in [0, 0.1) is 5.41 Å². The molecule has 1 aliphatic heterocycles. The van der Waals surface area contributed by atoms with Crippen molar-refractivity contribution < 1.29 is 9.59 Å². The molecule has 0 aromatic heterocycles. The number of nitrogens with one attached hydrogen (secondary N) is 1. The average Bonchev–Trinajstić information content (AvgIpc) is 2.22. The molecule has 1 atom stereocenters. The zero-order valence-electron chi connectivity index (χ0n) is 11.4. The van der Waals surface area contributed by atoms with Crippen molar-refractivity contribution in [3.8, 4) is 0 Å². The molecule has 1 N–H and O–H groups in total. The van der Waals surface area contributed by atoms with Crippen LogP contribution < -0.4 is 5.32 Å². The Morgan fingerprint density at radius 1 is 1.35 bits per heavy atom. The molecule has 17 heavy (non-hydrogen) atoms. The second-order valence-electron chi connectivity index (χ2n) is 6.00. The molecule has 2 amide bonds. The molecule has 1 rings (SSSR count). The van der Waals surface area contributed by atoms with Gasteiger partial charge in [0.1, 0.15) is 0 Å². The fourth-order valence-electron chi connectivity index (χ4n) is 2.10. The molecule has 0 aliphatic carbocycles. The number of carbonyl (C=O) groups is 2. The predicted octanol–water partition coefficient (Wildman–Crippen LogP) is 1.55. The Morgan fingerprint density at radius 3 is 2.53 bits per heavy atom. The van der Waals surface area contributed by atoms with Crippen LogP contribution in [0.4, 0.5) is 0 Å². The Morgan fingerprint density at radius 2 is 2.00 bits per heavy atom. The minimum atomic E-state index is -0.456. The summed E-state index contributed by atoms with van der Waals surface area (Å²) >= 11 is 0. The maximum atomic E-state index is 11.9. The van der Waals surface area contributed by atoms with E-state index >= 15 is 0 Å². The van der Waals surface area contributed by atoms with E-state index in [9.17, 15) is 9.59 Å². The number of hydrogen-bond donors (Lipinski definition) is 1. The molecule has 0 radical (unpaired) electrons. The van der Waals surface area contributed by atoms with Gasteiger partial charge in [0, 0.05) is 19.1 Å². The van der Waals surface area contributed by atoms with Crippen molar-refractivity contribution in [1.82, 2.24) is 10.2 Å². The van der Waals surface area contributed by atoms with Gasteiger partial charge in [0.05, 0.1) is 0 Å². The number of rotatable bonds is 4. The van der Waals surface area contributed by atoms with Crippen LogP contribution in [0.2, 0.25) is 0 Å². The molecule has 4 heteroatoms. The normalized spacial score (nSPS) is 21.6. The van der Waals surface area contributed by atoms with E-state index < -0.39 is 5.91 Å². The largest absolute Gasteiger partial charge is 0.346 e. The van der Waals surface area contributed by atoms with Crippen LogP contribution in [0.25, 0.3) is 0 Å². The Balaban J connectivity index is 2.73. The van der Waals surface area contributed by atoms with Crippen molar-refractivity contribution in [2.75, 3.05) is 13.1 Å². The van der Waals surface area contributed by atoms with Crippen molar-refractivity contribution >= 4 is 11.8 Å². The monoisotopic (exact) mass is 240 g/mol. The lowest BCUT2D eigenvalue weighted by Gasteiger charge is -2.39. The molecule has 0 aromatic carbocycles. The Hall–Kier alpha value is -1.06. The zero-order valence-corrected chi connectivity index (χ0v) is 11.4. The molecule has 0 unspecified atom stereocenters. The molecule has 1 saturated heterocycles. The van der Waals surface area contributed by atoms with Gasteiger partial charge in [-0.05, 0) is 11.8 Å². The van der Waals surface area contributed by atoms with Crippen molar-refractivity contribution in [3.63, 3.8) is 0 Å². The van der Waals surface area contributed by atoms with Gasteiger partial charge in [0.15, 0.2) is 0 Å². The van der Waals surface area contributed by atoms with Crippen LogP contribution in [-0.4, -0.2) is 35.8 Å². The highest BCUT2D eigenvalue weighted by atomic mass is 16.2. The lowest BCUT2D eigenvalue weighted by Crippen LogP contribution is -2.59. The first-order valence-electron chi connectivity index (χ1n) is 6.44. The van der Waals surface area contributed by atoms with Crippen LogP contribution in [0.5, 0.6) is 0 Å². The van der Waals surface area contributed by atoms with Gasteiger partial charge < -0.3 is 10.2 Å². The highest BCUT2D eigenvalue weighted by Crippen LogP contribution is 2.20. The summed E-state index contributed by atoms with van der Waals surface area (Å²) in [5.41, 5.74) is 0.0255. The van der Waals surface area contributed by atoms with Gasteiger partial charge in [-0.15, -0.1) is 0 Å². The maximum Gasteiger partial charge on any atom is 0.312 e. The molecular weight excluding hydrogens is 216 g/mol. The van der Waals surface area contributed by atoms with E-state index in [1.165, 1.54) is 0 Å². The van der Waals surface area contributed by atoms with E-state index in [1.54, 1.807) is 4.90 Å². The molecule has 1 aliphatic rings. The SMILES string of the molecule is CCCC[C@@H]1CNC(=O)C(=O)N1CC(C)(C)C. The predicted molar refractivity (Wildman–Crippen MR) is 67.5 cm³/mol. The molecule has 1 fully saturated rings. The molecule has 0 aromatic rings. The Kier molecular flexibility index (Phi) is 4.54. The van der Waals surface area contributed by atoms with Gasteiger partial charge in [-0.3, -0.25) is 9.59 Å². The van der Waals surface area contributed by atoms with E-state index in [0.29, 0.717) is 13.1 Å². The summed E-state index contributed by atoms with van der Waals surface area (Å²) in [6.45, 7) is 9.64. The average molecular weight is 240 g/mol. The second-order valence-corrected chi connectivity index (χ2v) is 6.00. The first-order valence-corrected chi connectivity index (χ1v) is 6.44. The fourth-order valence-corrected chi connectivity index (χ4v) is 2.10. The summed E-state index contributed by atoms with van der Waals surface area (Å²) in [5, 5.41) is 2.68. The third-order valence-corrected chi connectivity index (χ3v) is 2.93. The van der Waals surface area contributed by atoms with E-state index in [1.807, 2.05) is 0 Å². The molecule has 0 bridgehead atoms. The van der Waals surface area contributed by atoms with Crippen molar-refractivity contribution in [2.24, 2.45) is 5.41 Å². The number of amides is 2. The Labute approximate surface area is 104 Å². The smallest absolute Gasteiger partial charge is 0.312 e. The molecular formula is C13H24N2O2. The second kappa shape index (κ2) is 5.52. The number of unbranched alkanes of at least 4 members (excludes halogenated alkanes) is 1. The van der Waals surface area contributed by atoms with Gasteiger partial charge in [-0.25, -0.2) is 0 Å². The summed E-state index contributed by atoms with van der Waals surface area (Å²) in [6.07, 6.45) is 3.18. The van der Waals surface area contributed by atoms with Gasteiger partial charge >= 0.3 is 11.8 Å². The van der Waals surface area contributed by atoms with Gasteiger partial charge in [-0.2, -0.15) is 0 Å². The lowest BCUT2D eigenvalue weighted by molar-refractivity contribution is -0.151. The van der Waals surface area contributed by atoms with Gasteiger partial charge in [0.25, 0.3) is 0 Å². The number of piperazine rings is 1. The van der Waals surface area contributed by atoms with E-state index in [2.05, 4.69) is 33.0 Å². The van der Waals surface area contributed by atoms with Crippen LogP contribution >= 0.6 is 0 Å². The van der Waals surface area contributed by atoms with Crippen molar-refractivity contribution in [2.45, 2.75) is 53.0 Å².